The van der Waals surface area contributed by atoms with Crippen molar-refractivity contribution < 1.29 is 9.53 Å². The van der Waals surface area contributed by atoms with E-state index in [4.69, 9.17) is 4.74 Å². The molecule has 0 fully saturated rings. The van der Waals surface area contributed by atoms with Crippen molar-refractivity contribution >= 4 is 11.6 Å². The van der Waals surface area contributed by atoms with Crippen molar-refractivity contribution in [2.45, 2.75) is 26.9 Å². The third kappa shape index (κ3) is 4.45. The van der Waals surface area contributed by atoms with Gasteiger partial charge >= 0.3 is 0 Å². The SMILES string of the molecule is C/C(=N/NC(=O)c1ccc(OC(C)C)cc1)c1ccccc1. The second kappa shape index (κ2) is 7.41. The molecule has 0 heterocycles. The van der Waals surface area contributed by atoms with Crippen LogP contribution in [0.2, 0.25) is 0 Å². The normalized spacial score (nSPS) is 11.4. The Labute approximate surface area is 130 Å². The summed E-state index contributed by atoms with van der Waals surface area (Å²) in [5.74, 6) is 0.502. The van der Waals surface area contributed by atoms with Gasteiger partial charge in [0, 0.05) is 5.56 Å². The molecular formula is C18H20N2O2. The fourth-order valence-electron chi connectivity index (χ4n) is 1.90. The number of hydrogen-bond donors (Lipinski definition) is 1. The Morgan fingerprint density at radius 1 is 1.00 bits per heavy atom. The van der Waals surface area contributed by atoms with Crippen molar-refractivity contribution in [3.63, 3.8) is 0 Å². The van der Waals surface area contributed by atoms with E-state index in [0.29, 0.717) is 5.56 Å². The summed E-state index contributed by atoms with van der Waals surface area (Å²) in [6.07, 6.45) is 0.109. The van der Waals surface area contributed by atoms with E-state index in [2.05, 4.69) is 10.5 Å². The van der Waals surface area contributed by atoms with E-state index < -0.39 is 0 Å². The van der Waals surface area contributed by atoms with Gasteiger partial charge in [-0.15, -0.1) is 0 Å². The molecule has 0 unspecified atom stereocenters. The third-order valence-corrected chi connectivity index (χ3v) is 3.01. The molecule has 0 spiro atoms. The highest BCUT2D eigenvalue weighted by Crippen LogP contribution is 2.13. The first-order valence-electron chi connectivity index (χ1n) is 7.23. The Morgan fingerprint density at radius 2 is 1.64 bits per heavy atom. The maximum absolute atomic E-state index is 12.1. The van der Waals surface area contributed by atoms with Crippen LogP contribution in [0.1, 0.15) is 36.7 Å². The third-order valence-electron chi connectivity index (χ3n) is 3.01. The van der Waals surface area contributed by atoms with Crippen LogP contribution in [0.15, 0.2) is 59.7 Å². The number of benzene rings is 2. The van der Waals surface area contributed by atoms with Gasteiger partial charge in [-0.05, 0) is 50.6 Å². The molecule has 0 aliphatic carbocycles. The summed E-state index contributed by atoms with van der Waals surface area (Å²) < 4.78 is 5.55. The number of carbonyl (C=O) groups excluding carboxylic acids is 1. The molecule has 4 heteroatoms. The van der Waals surface area contributed by atoms with Gasteiger partial charge in [0.15, 0.2) is 0 Å². The summed E-state index contributed by atoms with van der Waals surface area (Å²) in [4.78, 5) is 12.1. The van der Waals surface area contributed by atoms with Gasteiger partial charge in [0.2, 0.25) is 0 Å². The molecule has 114 valence electrons. The molecule has 22 heavy (non-hydrogen) atoms. The first-order chi connectivity index (χ1) is 10.6. The van der Waals surface area contributed by atoms with Crippen LogP contribution < -0.4 is 10.2 Å². The highest BCUT2D eigenvalue weighted by molar-refractivity contribution is 6.00. The number of nitrogens with one attached hydrogen (secondary N) is 1. The predicted octanol–water partition coefficient (Wildman–Crippen LogP) is 3.63. The smallest absolute Gasteiger partial charge is 0.271 e. The predicted molar refractivity (Wildman–Crippen MR) is 88.3 cm³/mol. The van der Waals surface area contributed by atoms with Gasteiger partial charge in [-0.3, -0.25) is 4.79 Å². The average molecular weight is 296 g/mol. The van der Waals surface area contributed by atoms with Crippen LogP contribution in [0.25, 0.3) is 0 Å². The Bertz CT molecular complexity index is 647. The zero-order valence-electron chi connectivity index (χ0n) is 13.0. The Morgan fingerprint density at radius 3 is 2.23 bits per heavy atom. The Kier molecular flexibility index (Phi) is 5.31. The molecule has 0 atom stereocenters. The number of hydrazone groups is 1. The number of amides is 1. The lowest BCUT2D eigenvalue weighted by molar-refractivity contribution is 0.0955. The molecule has 1 N–H and O–H groups in total. The van der Waals surface area contributed by atoms with E-state index in [9.17, 15) is 4.79 Å². The van der Waals surface area contributed by atoms with Crippen molar-refractivity contribution in [2.24, 2.45) is 5.10 Å². The lowest BCUT2D eigenvalue weighted by Crippen LogP contribution is -2.19. The maximum atomic E-state index is 12.1. The van der Waals surface area contributed by atoms with Gasteiger partial charge in [0.25, 0.3) is 5.91 Å². The molecule has 0 saturated carbocycles. The van der Waals surface area contributed by atoms with Crippen LogP contribution in [-0.4, -0.2) is 17.7 Å². The van der Waals surface area contributed by atoms with E-state index in [1.54, 1.807) is 24.3 Å². The summed E-state index contributed by atoms with van der Waals surface area (Å²) in [6, 6.07) is 16.7. The van der Waals surface area contributed by atoms with Crippen molar-refractivity contribution in [1.29, 1.82) is 0 Å². The molecule has 2 rings (SSSR count). The Balaban J connectivity index is 2.00. The molecule has 4 nitrogen and oxygen atoms in total. The first kappa shape index (κ1) is 15.8. The maximum Gasteiger partial charge on any atom is 0.271 e. The van der Waals surface area contributed by atoms with Gasteiger partial charge in [-0.2, -0.15) is 5.10 Å². The van der Waals surface area contributed by atoms with Crippen molar-refractivity contribution in [3.8, 4) is 5.75 Å². The fraction of sp³-hybridized carbons (Fsp3) is 0.222. The number of ether oxygens (including phenoxy) is 1. The topological polar surface area (TPSA) is 50.7 Å². The van der Waals surface area contributed by atoms with Crippen molar-refractivity contribution in [1.82, 2.24) is 5.43 Å². The van der Waals surface area contributed by atoms with E-state index in [0.717, 1.165) is 17.0 Å². The monoisotopic (exact) mass is 296 g/mol. The average Bonchev–Trinajstić information content (AvgIpc) is 2.53. The summed E-state index contributed by atoms with van der Waals surface area (Å²) in [5.41, 5.74) is 4.84. The van der Waals surface area contributed by atoms with Crippen LogP contribution in [-0.2, 0) is 0 Å². The molecule has 0 aliphatic rings. The molecule has 0 saturated heterocycles. The zero-order chi connectivity index (χ0) is 15.9. The number of hydrogen-bond acceptors (Lipinski definition) is 3. The van der Waals surface area contributed by atoms with E-state index in [-0.39, 0.29) is 12.0 Å². The summed E-state index contributed by atoms with van der Waals surface area (Å²) in [7, 11) is 0. The van der Waals surface area contributed by atoms with E-state index >= 15 is 0 Å². The van der Waals surface area contributed by atoms with Gasteiger partial charge in [-0.1, -0.05) is 30.3 Å². The van der Waals surface area contributed by atoms with Crippen molar-refractivity contribution in [2.75, 3.05) is 0 Å². The first-order valence-corrected chi connectivity index (χ1v) is 7.23. The highest BCUT2D eigenvalue weighted by Gasteiger charge is 2.06. The van der Waals surface area contributed by atoms with Crippen LogP contribution in [0.5, 0.6) is 5.75 Å². The summed E-state index contributed by atoms with van der Waals surface area (Å²) in [5, 5.41) is 4.13. The number of nitrogens with zero attached hydrogens (tertiary/aromatic N) is 1. The quantitative estimate of drug-likeness (QED) is 0.676. The molecule has 2 aromatic carbocycles. The molecule has 0 aromatic heterocycles. The lowest BCUT2D eigenvalue weighted by Gasteiger charge is -2.09. The molecular weight excluding hydrogens is 276 g/mol. The lowest BCUT2D eigenvalue weighted by atomic mass is 10.1. The second-order valence-electron chi connectivity index (χ2n) is 5.20. The van der Waals surface area contributed by atoms with Gasteiger partial charge in [0.05, 0.1) is 11.8 Å². The minimum absolute atomic E-state index is 0.109. The highest BCUT2D eigenvalue weighted by atomic mass is 16.5. The Hall–Kier alpha value is -2.62. The molecule has 0 aliphatic heterocycles. The zero-order valence-corrected chi connectivity index (χ0v) is 13.0. The van der Waals surface area contributed by atoms with Gasteiger partial charge in [0.1, 0.15) is 5.75 Å². The van der Waals surface area contributed by atoms with Gasteiger partial charge in [-0.25, -0.2) is 5.43 Å². The van der Waals surface area contributed by atoms with Crippen LogP contribution >= 0.6 is 0 Å². The van der Waals surface area contributed by atoms with Crippen LogP contribution in [0, 0.1) is 0 Å². The molecule has 0 radical (unpaired) electrons. The van der Waals surface area contributed by atoms with E-state index in [1.807, 2.05) is 51.1 Å². The van der Waals surface area contributed by atoms with E-state index in [1.165, 1.54) is 0 Å². The summed E-state index contributed by atoms with van der Waals surface area (Å²) >= 11 is 0. The standard InChI is InChI=1S/C18H20N2O2/c1-13(2)22-17-11-9-16(10-12-17)18(21)20-19-14(3)15-7-5-4-6-8-15/h4-13H,1-3H3,(H,20,21)/b19-14-. The van der Waals surface area contributed by atoms with Gasteiger partial charge < -0.3 is 4.74 Å². The number of rotatable bonds is 5. The molecule has 2 aromatic rings. The van der Waals surface area contributed by atoms with Crippen molar-refractivity contribution in [3.05, 3.63) is 65.7 Å². The van der Waals surface area contributed by atoms with Crippen LogP contribution in [0.4, 0.5) is 0 Å². The minimum Gasteiger partial charge on any atom is -0.491 e. The minimum atomic E-state index is -0.244. The second-order valence-corrected chi connectivity index (χ2v) is 5.20. The number of carbonyl (C=O) groups is 1. The van der Waals surface area contributed by atoms with Crippen LogP contribution in [0.3, 0.4) is 0 Å². The fourth-order valence-corrected chi connectivity index (χ4v) is 1.90. The summed E-state index contributed by atoms with van der Waals surface area (Å²) in [6.45, 7) is 5.78. The molecule has 1 amide bonds. The largest absolute Gasteiger partial charge is 0.491 e. The molecule has 0 bridgehead atoms.